The monoisotopic (exact) mass is 536 g/mol. The third kappa shape index (κ3) is 4.93. The molecule has 0 saturated heterocycles. The summed E-state index contributed by atoms with van der Waals surface area (Å²) in [6.45, 7) is 10.0. The molecule has 4 aromatic rings. The van der Waals surface area contributed by atoms with E-state index in [0.29, 0.717) is 39.6 Å². The number of hydrogen-bond donors (Lipinski definition) is 1. The molecule has 0 aliphatic heterocycles. The van der Waals surface area contributed by atoms with Gasteiger partial charge in [-0.1, -0.05) is 50.2 Å². The molecule has 0 radical (unpaired) electrons. The summed E-state index contributed by atoms with van der Waals surface area (Å²) in [4.78, 5) is 24.2. The minimum atomic E-state index is -0.558. The average molecular weight is 537 g/mol. The first kappa shape index (κ1) is 27.0. The highest BCUT2D eigenvalue weighted by molar-refractivity contribution is 5.95. The van der Waals surface area contributed by atoms with Crippen LogP contribution in [0.4, 0.5) is 0 Å². The Morgan fingerprint density at radius 3 is 2.45 bits per heavy atom. The van der Waals surface area contributed by atoms with Gasteiger partial charge in [0, 0.05) is 23.1 Å². The van der Waals surface area contributed by atoms with E-state index in [1.807, 2.05) is 50.2 Å². The molecule has 204 valence electrons. The molecule has 0 spiro atoms. The molecular weight excluding hydrogens is 504 g/mol. The third-order valence-corrected chi connectivity index (χ3v) is 7.31. The second kappa shape index (κ2) is 10.9. The summed E-state index contributed by atoms with van der Waals surface area (Å²) in [5.74, 6) is 0.453. The number of aromatic hydroxyl groups is 1. The van der Waals surface area contributed by atoms with Gasteiger partial charge in [0.1, 0.15) is 23.2 Å². The number of ether oxygens (including phenoxy) is 1. The van der Waals surface area contributed by atoms with Crippen molar-refractivity contribution < 1.29 is 28.3 Å². The van der Waals surface area contributed by atoms with Crippen LogP contribution < -0.4 is 10.8 Å². The van der Waals surface area contributed by atoms with Gasteiger partial charge in [-0.3, -0.25) is 4.79 Å². The summed E-state index contributed by atoms with van der Waals surface area (Å²) in [6.07, 6.45) is 4.22. The summed E-state index contributed by atoms with van der Waals surface area (Å²) in [7, 11) is 0. The molecule has 0 amide bonds. The summed E-state index contributed by atoms with van der Waals surface area (Å²) in [5.41, 5.74) is 6.85. The van der Waals surface area contributed by atoms with E-state index in [1.165, 1.54) is 5.56 Å². The number of aryl methyl sites for hydroxylation is 1. The summed E-state index contributed by atoms with van der Waals surface area (Å²) >= 11 is 0. The Kier molecular flexibility index (Phi) is 7.35. The fourth-order valence-electron chi connectivity index (χ4n) is 5.24. The number of rotatable bonds is 7. The number of esters is 1. The first-order chi connectivity index (χ1) is 19.2. The molecule has 5 rings (SSSR count). The fourth-order valence-corrected chi connectivity index (χ4v) is 5.24. The quantitative estimate of drug-likeness (QED) is 0.226. The molecular formula is C34H32O6. The molecule has 0 bridgehead atoms. The predicted molar refractivity (Wildman–Crippen MR) is 154 cm³/mol. The van der Waals surface area contributed by atoms with Crippen LogP contribution in [0.3, 0.4) is 0 Å². The Morgan fingerprint density at radius 1 is 1.05 bits per heavy atom. The van der Waals surface area contributed by atoms with Gasteiger partial charge in [0.15, 0.2) is 11.2 Å². The van der Waals surface area contributed by atoms with Crippen LogP contribution in [0, 0.1) is 6.92 Å². The highest BCUT2D eigenvalue weighted by atomic mass is 16.5. The van der Waals surface area contributed by atoms with Gasteiger partial charge in [-0.25, -0.2) is 4.79 Å². The Balaban J connectivity index is 1.61. The zero-order chi connectivity index (χ0) is 28.6. The molecule has 1 unspecified atom stereocenters. The van der Waals surface area contributed by atoms with Gasteiger partial charge in [-0.2, -0.15) is 0 Å². The van der Waals surface area contributed by atoms with Crippen molar-refractivity contribution in [3.8, 4) is 17.1 Å². The van der Waals surface area contributed by atoms with Crippen molar-refractivity contribution in [2.75, 3.05) is 6.61 Å². The second-order valence-corrected chi connectivity index (χ2v) is 10.3. The maximum atomic E-state index is 13.1. The van der Waals surface area contributed by atoms with Crippen molar-refractivity contribution in [2.45, 2.75) is 46.5 Å². The van der Waals surface area contributed by atoms with E-state index in [1.54, 1.807) is 37.3 Å². The Hall–Kier alpha value is -4.58. The number of allylic oxidation sites excluding steroid dienone is 1. The molecule has 2 heterocycles. The van der Waals surface area contributed by atoms with Crippen LogP contribution in [0.25, 0.3) is 23.5 Å². The number of furan rings is 2. The van der Waals surface area contributed by atoms with Crippen molar-refractivity contribution in [1.29, 1.82) is 0 Å². The van der Waals surface area contributed by atoms with Crippen LogP contribution in [0.1, 0.15) is 77.9 Å². The van der Waals surface area contributed by atoms with Gasteiger partial charge in [0.25, 0.3) is 0 Å². The molecule has 0 fully saturated rings. The van der Waals surface area contributed by atoms with Gasteiger partial charge < -0.3 is 18.7 Å². The highest BCUT2D eigenvalue weighted by Gasteiger charge is 2.35. The van der Waals surface area contributed by atoms with Crippen LogP contribution in [0.5, 0.6) is 5.75 Å². The summed E-state index contributed by atoms with van der Waals surface area (Å²) < 4.78 is 17.6. The molecule has 1 N–H and O–H groups in total. The normalized spacial score (nSPS) is 15.2. The SMILES string of the molecule is CCOC(=O)C1=C(C)C=c2oc(=Cc3ccc(-c4ccc(C=O)cc4C)o3)c(O)c2C1c1ccc(C(C)C)cc1. The highest BCUT2D eigenvalue weighted by Crippen LogP contribution is 2.39. The van der Waals surface area contributed by atoms with Crippen LogP contribution in [0.2, 0.25) is 0 Å². The third-order valence-electron chi connectivity index (χ3n) is 7.31. The largest absolute Gasteiger partial charge is 0.504 e. The molecule has 40 heavy (non-hydrogen) atoms. The second-order valence-electron chi connectivity index (χ2n) is 10.3. The smallest absolute Gasteiger partial charge is 0.335 e. The lowest BCUT2D eigenvalue weighted by atomic mass is 9.79. The fraction of sp³-hybridized carbons (Fsp3) is 0.235. The zero-order valence-corrected chi connectivity index (χ0v) is 23.3. The van der Waals surface area contributed by atoms with E-state index in [4.69, 9.17) is 13.6 Å². The van der Waals surface area contributed by atoms with E-state index in [9.17, 15) is 14.7 Å². The molecule has 0 saturated carbocycles. The number of carbonyl (C=O) groups excluding carboxylic acids is 2. The minimum absolute atomic E-state index is 0.0528. The molecule has 6 heteroatoms. The van der Waals surface area contributed by atoms with Gasteiger partial charge in [-0.05, 0) is 73.2 Å². The lowest BCUT2D eigenvalue weighted by Crippen LogP contribution is -2.24. The number of carbonyl (C=O) groups is 2. The molecule has 1 aliphatic rings. The number of aldehydes is 1. The Labute approximate surface area is 232 Å². The van der Waals surface area contributed by atoms with Gasteiger partial charge in [-0.15, -0.1) is 0 Å². The predicted octanol–water partition coefficient (Wildman–Crippen LogP) is 6.12. The van der Waals surface area contributed by atoms with Gasteiger partial charge in [0.05, 0.1) is 17.7 Å². The van der Waals surface area contributed by atoms with E-state index in [-0.39, 0.29) is 17.8 Å². The summed E-state index contributed by atoms with van der Waals surface area (Å²) in [6, 6.07) is 17.1. The standard InChI is InChI=1S/C34H32O6/c1-6-38-34(37)30-21(5)16-28-32(31(30)24-10-8-23(9-11-24)19(2)3)33(36)29(40-28)17-25-12-14-27(39-25)26-13-7-22(18-35)15-20(26)4/h7-19,31,36H,6H2,1-5H3. The Morgan fingerprint density at radius 2 is 1.80 bits per heavy atom. The number of fused-ring (bicyclic) bond motifs is 1. The van der Waals surface area contributed by atoms with Crippen molar-refractivity contribution in [3.63, 3.8) is 0 Å². The van der Waals surface area contributed by atoms with Crippen molar-refractivity contribution >= 4 is 24.4 Å². The molecule has 1 atom stereocenters. The maximum Gasteiger partial charge on any atom is 0.335 e. The van der Waals surface area contributed by atoms with Crippen molar-refractivity contribution in [3.05, 3.63) is 110 Å². The van der Waals surface area contributed by atoms with E-state index >= 15 is 0 Å². The lowest BCUT2D eigenvalue weighted by Gasteiger charge is -2.24. The molecule has 1 aliphatic carbocycles. The average Bonchev–Trinajstić information content (AvgIpc) is 3.52. The maximum absolute atomic E-state index is 13.1. The number of benzene rings is 2. The lowest BCUT2D eigenvalue weighted by molar-refractivity contribution is -0.138. The Bertz CT molecular complexity index is 1740. The van der Waals surface area contributed by atoms with Crippen LogP contribution in [-0.2, 0) is 9.53 Å². The van der Waals surface area contributed by atoms with Crippen LogP contribution in [-0.4, -0.2) is 24.0 Å². The van der Waals surface area contributed by atoms with E-state index in [0.717, 1.165) is 28.5 Å². The topological polar surface area (TPSA) is 89.9 Å². The molecule has 6 nitrogen and oxygen atoms in total. The van der Waals surface area contributed by atoms with E-state index in [2.05, 4.69) is 13.8 Å². The van der Waals surface area contributed by atoms with Gasteiger partial charge in [0.2, 0.25) is 0 Å². The minimum Gasteiger partial charge on any atom is -0.504 e. The number of hydrogen-bond acceptors (Lipinski definition) is 6. The van der Waals surface area contributed by atoms with Crippen molar-refractivity contribution in [2.24, 2.45) is 0 Å². The zero-order valence-electron chi connectivity index (χ0n) is 23.3. The first-order valence-electron chi connectivity index (χ1n) is 13.4. The van der Waals surface area contributed by atoms with Gasteiger partial charge >= 0.3 is 5.97 Å². The van der Waals surface area contributed by atoms with Crippen LogP contribution >= 0.6 is 0 Å². The molecule has 2 aromatic carbocycles. The molecule has 2 aromatic heterocycles. The van der Waals surface area contributed by atoms with Crippen molar-refractivity contribution in [1.82, 2.24) is 0 Å². The van der Waals surface area contributed by atoms with Crippen LogP contribution in [0.15, 0.2) is 74.6 Å². The first-order valence-corrected chi connectivity index (χ1v) is 13.4. The summed E-state index contributed by atoms with van der Waals surface area (Å²) in [5, 5.41) is 11.5. The van der Waals surface area contributed by atoms with E-state index < -0.39 is 11.9 Å².